The zero-order valence-electron chi connectivity index (χ0n) is 10.0. The number of amides is 1. The Hall–Kier alpha value is -0.940. The lowest BCUT2D eigenvalue weighted by Gasteiger charge is -2.33. The molecule has 0 radical (unpaired) electrons. The van der Waals surface area contributed by atoms with Crippen LogP contribution in [0, 0.1) is 0 Å². The van der Waals surface area contributed by atoms with Gasteiger partial charge in [0.25, 0.3) is 0 Å². The number of rotatable bonds is 4. The summed E-state index contributed by atoms with van der Waals surface area (Å²) in [6.45, 7) is 4.27. The van der Waals surface area contributed by atoms with E-state index in [0.717, 1.165) is 30.4 Å². The summed E-state index contributed by atoms with van der Waals surface area (Å²) in [5, 5.41) is 2.88. The third-order valence-electron chi connectivity index (χ3n) is 2.90. The van der Waals surface area contributed by atoms with Crippen LogP contribution >= 0.6 is 11.8 Å². The van der Waals surface area contributed by atoms with Crippen LogP contribution < -0.4 is 5.32 Å². The number of nitrogens with one attached hydrogen (secondary N) is 1. The van der Waals surface area contributed by atoms with E-state index in [1.807, 2.05) is 23.9 Å². The number of carbonyl (C=O) groups is 1. The number of nitrogens with zero attached hydrogens (tertiary/aromatic N) is 1. The minimum absolute atomic E-state index is 0.00735. The summed E-state index contributed by atoms with van der Waals surface area (Å²) in [7, 11) is 0. The Morgan fingerprint density at radius 3 is 2.94 bits per heavy atom. The molecular weight excluding hydrogens is 236 g/mol. The van der Waals surface area contributed by atoms with Gasteiger partial charge in [-0.25, -0.2) is 0 Å². The van der Waals surface area contributed by atoms with Crippen molar-refractivity contribution in [2.24, 2.45) is 0 Å². The first-order chi connectivity index (χ1) is 8.27. The first-order valence-corrected chi connectivity index (χ1v) is 7.02. The summed E-state index contributed by atoms with van der Waals surface area (Å²) >= 11 is 1.98. The van der Waals surface area contributed by atoms with Gasteiger partial charge in [-0.1, -0.05) is 0 Å². The predicted octanol–water partition coefficient (Wildman–Crippen LogP) is 1.51. The van der Waals surface area contributed by atoms with Gasteiger partial charge in [-0.2, -0.15) is 11.8 Å². The molecule has 0 unspecified atom stereocenters. The lowest BCUT2D eigenvalue weighted by Crippen LogP contribution is -2.41. The summed E-state index contributed by atoms with van der Waals surface area (Å²) < 4.78 is 5.48. The Morgan fingerprint density at radius 2 is 2.35 bits per heavy atom. The van der Waals surface area contributed by atoms with E-state index in [9.17, 15) is 4.79 Å². The van der Waals surface area contributed by atoms with Crippen molar-refractivity contribution in [2.45, 2.75) is 13.0 Å². The Morgan fingerprint density at radius 1 is 1.59 bits per heavy atom. The lowest BCUT2D eigenvalue weighted by atomic mass is 10.2. The van der Waals surface area contributed by atoms with Crippen LogP contribution in [0.5, 0.6) is 0 Å². The second-order valence-electron chi connectivity index (χ2n) is 4.12. The molecule has 1 saturated heterocycles. The van der Waals surface area contributed by atoms with Crippen LogP contribution in [0.25, 0.3) is 0 Å². The maximum atomic E-state index is 11.0. The van der Waals surface area contributed by atoms with Crippen molar-refractivity contribution >= 4 is 17.7 Å². The van der Waals surface area contributed by atoms with Gasteiger partial charge in [0.15, 0.2) is 0 Å². The second-order valence-corrected chi connectivity index (χ2v) is 5.34. The van der Waals surface area contributed by atoms with E-state index < -0.39 is 0 Å². The van der Waals surface area contributed by atoms with Gasteiger partial charge < -0.3 is 9.73 Å². The number of hydrogen-bond donors (Lipinski definition) is 1. The number of hydrogen-bond acceptors (Lipinski definition) is 4. The van der Waals surface area contributed by atoms with Crippen molar-refractivity contribution in [3.63, 3.8) is 0 Å². The third-order valence-corrected chi connectivity index (χ3v) is 3.84. The number of furan rings is 1. The van der Waals surface area contributed by atoms with Crippen molar-refractivity contribution < 1.29 is 9.21 Å². The molecule has 2 rings (SSSR count). The Balaban J connectivity index is 2.03. The summed E-state index contributed by atoms with van der Waals surface area (Å²) in [4.78, 5) is 13.4. The van der Waals surface area contributed by atoms with Crippen molar-refractivity contribution in [1.29, 1.82) is 0 Å². The van der Waals surface area contributed by atoms with Gasteiger partial charge in [-0.15, -0.1) is 0 Å². The molecule has 1 aromatic rings. The maximum absolute atomic E-state index is 11.0. The quantitative estimate of drug-likeness (QED) is 0.884. The monoisotopic (exact) mass is 254 g/mol. The van der Waals surface area contributed by atoms with E-state index >= 15 is 0 Å². The molecule has 1 aromatic heterocycles. The highest BCUT2D eigenvalue weighted by molar-refractivity contribution is 7.99. The molecule has 0 bridgehead atoms. The van der Waals surface area contributed by atoms with Crippen molar-refractivity contribution in [1.82, 2.24) is 10.2 Å². The molecule has 1 aliphatic rings. The van der Waals surface area contributed by atoms with Gasteiger partial charge in [0.05, 0.1) is 12.3 Å². The summed E-state index contributed by atoms with van der Waals surface area (Å²) in [6.07, 6.45) is 1.69. The molecule has 0 saturated carbocycles. The molecule has 0 aliphatic carbocycles. The first kappa shape index (κ1) is 12.5. The molecule has 1 fully saturated rings. The molecule has 0 aromatic carbocycles. The Labute approximate surface area is 106 Å². The van der Waals surface area contributed by atoms with Gasteiger partial charge in [0.2, 0.25) is 5.91 Å². The molecule has 17 heavy (non-hydrogen) atoms. The zero-order valence-corrected chi connectivity index (χ0v) is 10.8. The smallest absolute Gasteiger partial charge is 0.216 e. The molecular formula is C12H18N2O2S. The highest BCUT2D eigenvalue weighted by atomic mass is 32.2. The zero-order chi connectivity index (χ0) is 12.1. The fraction of sp³-hybridized carbons (Fsp3) is 0.583. The van der Waals surface area contributed by atoms with Crippen LogP contribution in [-0.4, -0.2) is 41.9 Å². The average Bonchev–Trinajstić information content (AvgIpc) is 2.84. The van der Waals surface area contributed by atoms with Gasteiger partial charge in [0, 0.05) is 38.1 Å². The molecule has 2 heterocycles. The predicted molar refractivity (Wildman–Crippen MR) is 69.0 cm³/mol. The number of carbonyl (C=O) groups excluding carboxylic acids is 1. The summed E-state index contributed by atoms with van der Waals surface area (Å²) in [6, 6.07) is 4.04. The van der Waals surface area contributed by atoms with E-state index in [1.165, 1.54) is 0 Å². The molecule has 1 aliphatic heterocycles. The van der Waals surface area contributed by atoms with Crippen molar-refractivity contribution in [2.75, 3.05) is 31.1 Å². The number of thioether (sulfide) groups is 1. The average molecular weight is 254 g/mol. The van der Waals surface area contributed by atoms with Gasteiger partial charge in [-0.3, -0.25) is 9.69 Å². The highest BCUT2D eigenvalue weighted by Gasteiger charge is 2.24. The second kappa shape index (κ2) is 6.12. The van der Waals surface area contributed by atoms with Crippen LogP contribution in [0.4, 0.5) is 0 Å². The van der Waals surface area contributed by atoms with Crippen molar-refractivity contribution in [3.8, 4) is 0 Å². The fourth-order valence-electron chi connectivity index (χ4n) is 2.02. The molecule has 5 heteroatoms. The van der Waals surface area contributed by atoms with Crippen molar-refractivity contribution in [3.05, 3.63) is 24.2 Å². The maximum Gasteiger partial charge on any atom is 0.216 e. The molecule has 94 valence electrons. The van der Waals surface area contributed by atoms with Gasteiger partial charge in [0.1, 0.15) is 5.76 Å². The van der Waals surface area contributed by atoms with Crippen LogP contribution in [0.2, 0.25) is 0 Å². The Bertz CT molecular complexity index is 347. The SMILES string of the molecule is CC(=O)NC[C@@H](c1ccco1)N1CCSCC1. The largest absolute Gasteiger partial charge is 0.468 e. The molecule has 1 amide bonds. The first-order valence-electron chi connectivity index (χ1n) is 5.87. The third kappa shape index (κ3) is 3.51. The normalized spacial score (nSPS) is 18.9. The minimum atomic E-state index is 0.00735. The van der Waals surface area contributed by atoms with Crippen LogP contribution in [0.1, 0.15) is 18.7 Å². The molecule has 0 spiro atoms. The van der Waals surface area contributed by atoms with Crippen LogP contribution in [-0.2, 0) is 4.79 Å². The van der Waals surface area contributed by atoms with Gasteiger partial charge >= 0.3 is 0 Å². The Kier molecular flexibility index (Phi) is 4.50. The molecule has 1 N–H and O–H groups in total. The van der Waals surface area contributed by atoms with E-state index in [1.54, 1.807) is 13.2 Å². The topological polar surface area (TPSA) is 45.5 Å². The molecule has 1 atom stereocenters. The highest BCUT2D eigenvalue weighted by Crippen LogP contribution is 2.23. The van der Waals surface area contributed by atoms with E-state index in [0.29, 0.717) is 6.54 Å². The van der Waals surface area contributed by atoms with E-state index in [2.05, 4.69) is 10.2 Å². The van der Waals surface area contributed by atoms with Gasteiger partial charge in [-0.05, 0) is 12.1 Å². The fourth-order valence-corrected chi connectivity index (χ4v) is 2.95. The standard InChI is InChI=1S/C12H18N2O2S/c1-10(15)13-9-11(12-3-2-6-16-12)14-4-7-17-8-5-14/h2-3,6,11H,4-5,7-9H2,1H3,(H,13,15)/t11-/m0/s1. The summed E-state index contributed by atoms with van der Waals surface area (Å²) in [5.41, 5.74) is 0. The van der Waals surface area contributed by atoms with Crippen LogP contribution in [0.15, 0.2) is 22.8 Å². The molecule has 4 nitrogen and oxygen atoms in total. The lowest BCUT2D eigenvalue weighted by molar-refractivity contribution is -0.119. The summed E-state index contributed by atoms with van der Waals surface area (Å²) in [5.74, 6) is 3.24. The minimum Gasteiger partial charge on any atom is -0.468 e. The van der Waals surface area contributed by atoms with E-state index in [-0.39, 0.29) is 11.9 Å². The van der Waals surface area contributed by atoms with E-state index in [4.69, 9.17) is 4.42 Å². The van der Waals surface area contributed by atoms with Crippen LogP contribution in [0.3, 0.4) is 0 Å².